The van der Waals surface area contributed by atoms with Crippen LogP contribution in [-0.2, 0) is 4.74 Å². The van der Waals surface area contributed by atoms with E-state index in [2.05, 4.69) is 6.92 Å². The Labute approximate surface area is 79.8 Å². The summed E-state index contributed by atoms with van der Waals surface area (Å²) in [7, 11) is 0. The second-order valence-electron chi connectivity index (χ2n) is 5.36. The lowest BCUT2D eigenvalue weighted by atomic mass is 9.77. The van der Waals surface area contributed by atoms with Gasteiger partial charge in [-0.15, -0.1) is 0 Å². The summed E-state index contributed by atoms with van der Waals surface area (Å²) >= 11 is 0. The predicted octanol–water partition coefficient (Wildman–Crippen LogP) is 1.54. The van der Waals surface area contributed by atoms with Gasteiger partial charge in [-0.05, 0) is 49.5 Å². The molecule has 5 atom stereocenters. The van der Waals surface area contributed by atoms with Gasteiger partial charge in [0.1, 0.15) is 0 Å². The van der Waals surface area contributed by atoms with Gasteiger partial charge in [-0.3, -0.25) is 0 Å². The van der Waals surface area contributed by atoms with Crippen molar-refractivity contribution in [3.05, 3.63) is 0 Å². The predicted molar refractivity (Wildman–Crippen MR) is 51.3 cm³/mol. The van der Waals surface area contributed by atoms with E-state index in [9.17, 15) is 0 Å². The van der Waals surface area contributed by atoms with E-state index >= 15 is 0 Å². The first kappa shape index (κ1) is 8.25. The second kappa shape index (κ2) is 2.48. The highest BCUT2D eigenvalue weighted by molar-refractivity contribution is 5.09. The Morgan fingerprint density at radius 2 is 2.31 bits per heavy atom. The summed E-state index contributed by atoms with van der Waals surface area (Å²) in [6.07, 6.45) is 6.47. The minimum atomic E-state index is 0.550. The smallest absolute Gasteiger partial charge is 0.0614 e. The van der Waals surface area contributed by atoms with Gasteiger partial charge in [0.25, 0.3) is 0 Å². The molecule has 0 radical (unpaired) electrons. The lowest BCUT2D eigenvalue weighted by molar-refractivity contribution is 0.0781. The number of fused-ring (bicyclic) bond motifs is 2. The van der Waals surface area contributed by atoms with Crippen LogP contribution in [0, 0.1) is 17.3 Å². The topological polar surface area (TPSA) is 35.2 Å². The molecule has 0 spiro atoms. The summed E-state index contributed by atoms with van der Waals surface area (Å²) in [4.78, 5) is 0. The van der Waals surface area contributed by atoms with E-state index in [1.165, 1.54) is 25.7 Å². The van der Waals surface area contributed by atoms with Gasteiger partial charge in [-0.1, -0.05) is 6.92 Å². The van der Waals surface area contributed by atoms with E-state index in [1.54, 1.807) is 0 Å². The summed E-state index contributed by atoms with van der Waals surface area (Å²) in [6, 6.07) is 0. The van der Waals surface area contributed by atoms with E-state index in [0.717, 1.165) is 18.4 Å². The van der Waals surface area contributed by atoms with Gasteiger partial charge in [0, 0.05) is 0 Å². The van der Waals surface area contributed by atoms with Crippen LogP contribution >= 0.6 is 0 Å². The summed E-state index contributed by atoms with van der Waals surface area (Å²) in [5.41, 5.74) is 6.28. The van der Waals surface area contributed by atoms with Crippen LogP contribution < -0.4 is 5.73 Å². The number of hydrogen-bond acceptors (Lipinski definition) is 2. The molecule has 0 aromatic rings. The molecule has 2 saturated heterocycles. The zero-order chi connectivity index (χ0) is 9.05. The molecule has 2 bridgehead atoms. The third-order valence-electron chi connectivity index (χ3n) is 4.70. The molecule has 2 nitrogen and oxygen atoms in total. The van der Waals surface area contributed by atoms with Gasteiger partial charge < -0.3 is 10.5 Å². The highest BCUT2D eigenvalue weighted by Gasteiger charge is 2.60. The van der Waals surface area contributed by atoms with Gasteiger partial charge in [0.15, 0.2) is 0 Å². The molecule has 2 N–H and O–H groups in total. The first-order valence-corrected chi connectivity index (χ1v) is 5.59. The van der Waals surface area contributed by atoms with Crippen molar-refractivity contribution in [3.63, 3.8) is 0 Å². The van der Waals surface area contributed by atoms with E-state index in [4.69, 9.17) is 10.5 Å². The standard InChI is InChI=1S/C11H19NO/c1-11(5-7(11)6-12)9-4-8-2-3-10(9)13-8/h7-10H,2-6,12H2,1H3. The molecular formula is C11H19NO. The van der Waals surface area contributed by atoms with Crippen LogP contribution in [0.4, 0.5) is 0 Å². The molecule has 13 heavy (non-hydrogen) atoms. The van der Waals surface area contributed by atoms with Crippen LogP contribution in [-0.4, -0.2) is 18.8 Å². The average Bonchev–Trinajstić information content (AvgIpc) is 2.57. The molecule has 3 fully saturated rings. The van der Waals surface area contributed by atoms with Gasteiger partial charge in [0.2, 0.25) is 0 Å². The van der Waals surface area contributed by atoms with Crippen LogP contribution in [0.3, 0.4) is 0 Å². The third kappa shape index (κ3) is 1.02. The Bertz CT molecular complexity index is 230. The summed E-state index contributed by atoms with van der Waals surface area (Å²) in [5.74, 6) is 1.63. The number of rotatable bonds is 2. The highest BCUT2D eigenvalue weighted by atomic mass is 16.5. The van der Waals surface area contributed by atoms with E-state index in [1.807, 2.05) is 0 Å². The van der Waals surface area contributed by atoms with Crippen LogP contribution in [0.5, 0.6) is 0 Å². The molecule has 74 valence electrons. The van der Waals surface area contributed by atoms with Gasteiger partial charge >= 0.3 is 0 Å². The Kier molecular flexibility index (Phi) is 1.58. The Morgan fingerprint density at radius 3 is 2.77 bits per heavy atom. The molecule has 0 aromatic carbocycles. The maximum atomic E-state index is 5.90. The Hall–Kier alpha value is -0.0800. The number of ether oxygens (including phenoxy) is 1. The maximum absolute atomic E-state index is 5.90. The van der Waals surface area contributed by atoms with Crippen LogP contribution in [0.2, 0.25) is 0 Å². The molecule has 1 aliphatic carbocycles. The minimum absolute atomic E-state index is 0.550. The third-order valence-corrected chi connectivity index (χ3v) is 4.70. The zero-order valence-electron chi connectivity index (χ0n) is 8.33. The van der Waals surface area contributed by atoms with Crippen LogP contribution in [0.15, 0.2) is 0 Å². The molecule has 2 heteroatoms. The van der Waals surface area contributed by atoms with Crippen molar-refractivity contribution < 1.29 is 4.74 Å². The van der Waals surface area contributed by atoms with Crippen molar-refractivity contribution >= 4 is 0 Å². The van der Waals surface area contributed by atoms with E-state index < -0.39 is 0 Å². The van der Waals surface area contributed by atoms with Crippen molar-refractivity contribution in [2.24, 2.45) is 23.0 Å². The fraction of sp³-hybridized carbons (Fsp3) is 1.00. The Balaban J connectivity index is 1.74. The minimum Gasteiger partial charge on any atom is -0.375 e. The molecular weight excluding hydrogens is 162 g/mol. The molecule has 1 saturated carbocycles. The molecule has 3 aliphatic rings. The average molecular weight is 181 g/mol. The molecule has 2 heterocycles. The second-order valence-corrected chi connectivity index (χ2v) is 5.36. The lowest BCUT2D eigenvalue weighted by Crippen LogP contribution is -2.27. The fourth-order valence-electron chi connectivity index (χ4n) is 3.61. The highest BCUT2D eigenvalue weighted by Crippen LogP contribution is 2.63. The van der Waals surface area contributed by atoms with Crippen molar-refractivity contribution in [1.29, 1.82) is 0 Å². The fourth-order valence-corrected chi connectivity index (χ4v) is 3.61. The number of hydrogen-bond donors (Lipinski definition) is 1. The lowest BCUT2D eigenvalue weighted by Gasteiger charge is -2.26. The van der Waals surface area contributed by atoms with Gasteiger partial charge in [-0.2, -0.15) is 0 Å². The van der Waals surface area contributed by atoms with Crippen molar-refractivity contribution in [2.45, 2.75) is 44.8 Å². The molecule has 0 aromatic heterocycles. The zero-order valence-corrected chi connectivity index (χ0v) is 8.33. The van der Waals surface area contributed by atoms with E-state index in [-0.39, 0.29) is 0 Å². The number of nitrogens with two attached hydrogens (primary N) is 1. The van der Waals surface area contributed by atoms with Crippen LogP contribution in [0.1, 0.15) is 32.6 Å². The molecule has 5 unspecified atom stereocenters. The molecule has 3 rings (SSSR count). The first-order chi connectivity index (χ1) is 6.24. The SMILES string of the molecule is CC1(C2CC3CCC2O3)CC1CN. The van der Waals surface area contributed by atoms with Crippen LogP contribution in [0.25, 0.3) is 0 Å². The summed E-state index contributed by atoms with van der Waals surface area (Å²) in [6.45, 7) is 3.30. The summed E-state index contributed by atoms with van der Waals surface area (Å²) < 4.78 is 5.90. The van der Waals surface area contributed by atoms with E-state index in [0.29, 0.717) is 17.6 Å². The monoisotopic (exact) mass is 181 g/mol. The first-order valence-electron chi connectivity index (χ1n) is 5.59. The normalized spacial score (nSPS) is 58.6. The van der Waals surface area contributed by atoms with Crippen molar-refractivity contribution in [1.82, 2.24) is 0 Å². The van der Waals surface area contributed by atoms with Crippen molar-refractivity contribution in [2.75, 3.05) is 6.54 Å². The van der Waals surface area contributed by atoms with Crippen molar-refractivity contribution in [3.8, 4) is 0 Å². The van der Waals surface area contributed by atoms with Gasteiger partial charge in [0.05, 0.1) is 12.2 Å². The summed E-state index contributed by atoms with van der Waals surface area (Å²) in [5, 5.41) is 0. The Morgan fingerprint density at radius 1 is 1.46 bits per heavy atom. The quantitative estimate of drug-likeness (QED) is 0.701. The molecule has 0 amide bonds. The van der Waals surface area contributed by atoms with Gasteiger partial charge in [-0.25, -0.2) is 0 Å². The maximum Gasteiger partial charge on any atom is 0.0614 e. The molecule has 2 aliphatic heterocycles. The largest absolute Gasteiger partial charge is 0.375 e.